The summed E-state index contributed by atoms with van der Waals surface area (Å²) < 4.78 is 0. The quantitative estimate of drug-likeness (QED) is 0.712. The molecule has 0 aliphatic heterocycles. The molecule has 0 saturated heterocycles. The van der Waals surface area contributed by atoms with Crippen molar-refractivity contribution < 1.29 is 19.5 Å². The Balaban J connectivity index is 1.78. The molecular weight excluding hydrogens is 308 g/mol. The van der Waals surface area contributed by atoms with E-state index in [9.17, 15) is 19.5 Å². The van der Waals surface area contributed by atoms with Gasteiger partial charge < -0.3 is 15.7 Å². The van der Waals surface area contributed by atoms with E-state index >= 15 is 0 Å². The maximum absolute atomic E-state index is 11.9. The maximum atomic E-state index is 11.9. The molecule has 1 aliphatic carbocycles. The third kappa shape index (κ3) is 5.68. The van der Waals surface area contributed by atoms with Crippen molar-refractivity contribution in [3.05, 3.63) is 35.9 Å². The first-order valence-electron chi connectivity index (χ1n) is 8.40. The lowest BCUT2D eigenvalue weighted by Gasteiger charge is -2.21. The molecule has 3 N–H and O–H groups in total. The van der Waals surface area contributed by atoms with Crippen molar-refractivity contribution in [3.8, 4) is 0 Å². The van der Waals surface area contributed by atoms with Crippen molar-refractivity contribution in [1.29, 1.82) is 0 Å². The topological polar surface area (TPSA) is 95.5 Å². The third-order valence-corrected chi connectivity index (χ3v) is 4.33. The number of carboxylic acids is 1. The Morgan fingerprint density at radius 1 is 1.04 bits per heavy atom. The van der Waals surface area contributed by atoms with E-state index in [1.54, 1.807) is 30.3 Å². The van der Waals surface area contributed by atoms with Crippen molar-refractivity contribution in [2.75, 3.05) is 6.54 Å². The number of carbonyl (C=O) groups excluding carboxylic acids is 2. The van der Waals surface area contributed by atoms with Crippen LogP contribution in [0.1, 0.15) is 50.1 Å². The van der Waals surface area contributed by atoms with Crippen molar-refractivity contribution in [3.63, 3.8) is 0 Å². The van der Waals surface area contributed by atoms with Gasteiger partial charge in [0.2, 0.25) is 11.8 Å². The average molecular weight is 332 g/mol. The number of nitrogens with one attached hydrogen (secondary N) is 2. The second-order valence-electron chi connectivity index (χ2n) is 6.23. The molecule has 130 valence electrons. The molecule has 6 heteroatoms. The number of benzene rings is 1. The summed E-state index contributed by atoms with van der Waals surface area (Å²) in [6.07, 6.45) is 6.12. The van der Waals surface area contributed by atoms with E-state index in [1.165, 1.54) is 6.42 Å². The molecule has 2 rings (SSSR count). The molecule has 1 aliphatic rings. The van der Waals surface area contributed by atoms with Crippen LogP contribution < -0.4 is 10.6 Å². The Morgan fingerprint density at radius 3 is 2.33 bits per heavy atom. The SMILES string of the molecule is O=C(CC1CCCCC1)NCC(=O)N[C@H](C(=O)O)c1ccccc1. The summed E-state index contributed by atoms with van der Waals surface area (Å²) >= 11 is 0. The molecule has 0 unspecified atom stereocenters. The van der Waals surface area contributed by atoms with E-state index in [1.807, 2.05) is 0 Å². The molecule has 24 heavy (non-hydrogen) atoms. The van der Waals surface area contributed by atoms with Gasteiger partial charge in [-0.05, 0) is 24.3 Å². The van der Waals surface area contributed by atoms with Crippen molar-refractivity contribution in [1.82, 2.24) is 10.6 Å². The number of rotatable bonds is 7. The molecule has 1 fully saturated rings. The number of amides is 2. The van der Waals surface area contributed by atoms with Crippen molar-refractivity contribution in [2.24, 2.45) is 5.92 Å². The Labute approximate surface area is 141 Å². The molecule has 1 saturated carbocycles. The number of hydrogen-bond donors (Lipinski definition) is 3. The first-order chi connectivity index (χ1) is 11.6. The molecule has 1 aromatic carbocycles. The summed E-state index contributed by atoms with van der Waals surface area (Å²) in [6.45, 7) is -0.206. The zero-order valence-corrected chi connectivity index (χ0v) is 13.7. The molecule has 0 radical (unpaired) electrons. The molecule has 0 spiro atoms. The molecule has 0 aromatic heterocycles. The van der Waals surface area contributed by atoms with Crippen LogP contribution in [-0.2, 0) is 14.4 Å². The maximum Gasteiger partial charge on any atom is 0.330 e. The van der Waals surface area contributed by atoms with E-state index in [2.05, 4.69) is 10.6 Å². The summed E-state index contributed by atoms with van der Waals surface area (Å²) in [5, 5.41) is 14.3. The summed E-state index contributed by atoms with van der Waals surface area (Å²) in [6, 6.07) is 7.36. The van der Waals surface area contributed by atoms with Crippen LogP contribution in [0.2, 0.25) is 0 Å². The third-order valence-electron chi connectivity index (χ3n) is 4.33. The van der Waals surface area contributed by atoms with E-state index in [0.717, 1.165) is 25.7 Å². The first kappa shape index (κ1) is 18.0. The second-order valence-corrected chi connectivity index (χ2v) is 6.23. The van der Waals surface area contributed by atoms with Gasteiger partial charge in [-0.3, -0.25) is 9.59 Å². The minimum Gasteiger partial charge on any atom is -0.479 e. The lowest BCUT2D eigenvalue weighted by molar-refractivity contribution is -0.142. The van der Waals surface area contributed by atoms with Gasteiger partial charge in [-0.15, -0.1) is 0 Å². The monoisotopic (exact) mass is 332 g/mol. The van der Waals surface area contributed by atoms with Crippen LogP contribution in [0.3, 0.4) is 0 Å². The van der Waals surface area contributed by atoms with Gasteiger partial charge in [0.15, 0.2) is 6.04 Å². The number of aliphatic carboxylic acids is 1. The van der Waals surface area contributed by atoms with Crippen LogP contribution in [0, 0.1) is 5.92 Å². The predicted octanol–water partition coefficient (Wildman–Crippen LogP) is 2.02. The summed E-state index contributed by atoms with van der Waals surface area (Å²) in [4.78, 5) is 35.2. The predicted molar refractivity (Wildman–Crippen MR) is 89.2 cm³/mol. The Hall–Kier alpha value is -2.37. The normalized spacial score (nSPS) is 16.2. The Morgan fingerprint density at radius 2 is 1.71 bits per heavy atom. The van der Waals surface area contributed by atoms with Gasteiger partial charge in [0.05, 0.1) is 6.54 Å². The first-order valence-corrected chi connectivity index (χ1v) is 8.40. The molecule has 1 atom stereocenters. The van der Waals surface area contributed by atoms with Crippen LogP contribution in [0.15, 0.2) is 30.3 Å². The summed E-state index contributed by atoms with van der Waals surface area (Å²) in [7, 11) is 0. The fraction of sp³-hybridized carbons (Fsp3) is 0.500. The van der Waals surface area contributed by atoms with Gasteiger partial charge in [-0.1, -0.05) is 49.6 Å². The van der Waals surface area contributed by atoms with E-state index in [4.69, 9.17) is 0 Å². The van der Waals surface area contributed by atoms with Crippen LogP contribution in [0.5, 0.6) is 0 Å². The van der Waals surface area contributed by atoms with Crippen LogP contribution >= 0.6 is 0 Å². The highest BCUT2D eigenvalue weighted by Crippen LogP contribution is 2.25. The summed E-state index contributed by atoms with van der Waals surface area (Å²) in [5.41, 5.74) is 0.492. The smallest absolute Gasteiger partial charge is 0.330 e. The molecule has 0 heterocycles. The van der Waals surface area contributed by atoms with Gasteiger partial charge in [0, 0.05) is 6.42 Å². The molecule has 6 nitrogen and oxygen atoms in total. The van der Waals surface area contributed by atoms with Crippen LogP contribution in [0.25, 0.3) is 0 Å². The van der Waals surface area contributed by atoms with Gasteiger partial charge >= 0.3 is 5.97 Å². The fourth-order valence-electron chi connectivity index (χ4n) is 3.05. The Bertz CT molecular complexity index is 568. The zero-order chi connectivity index (χ0) is 17.4. The minimum absolute atomic E-state index is 0.149. The highest BCUT2D eigenvalue weighted by Gasteiger charge is 2.22. The number of hydrogen-bond acceptors (Lipinski definition) is 3. The lowest BCUT2D eigenvalue weighted by atomic mass is 9.87. The lowest BCUT2D eigenvalue weighted by Crippen LogP contribution is -2.41. The standard InChI is InChI=1S/C18H24N2O4/c21-15(11-13-7-3-1-4-8-13)19-12-16(22)20-17(18(23)24)14-9-5-2-6-10-14/h2,5-6,9-10,13,17H,1,3-4,7-8,11-12H2,(H,19,21)(H,20,22)(H,23,24)/t17-/m0/s1. The van der Waals surface area contributed by atoms with Crippen LogP contribution in [-0.4, -0.2) is 29.4 Å². The highest BCUT2D eigenvalue weighted by atomic mass is 16.4. The van der Waals surface area contributed by atoms with Gasteiger partial charge in [0.1, 0.15) is 0 Å². The van der Waals surface area contributed by atoms with Crippen molar-refractivity contribution >= 4 is 17.8 Å². The fourth-order valence-corrected chi connectivity index (χ4v) is 3.05. The van der Waals surface area contributed by atoms with Gasteiger partial charge in [-0.2, -0.15) is 0 Å². The zero-order valence-electron chi connectivity index (χ0n) is 13.7. The number of carbonyl (C=O) groups is 3. The van der Waals surface area contributed by atoms with E-state index < -0.39 is 17.9 Å². The van der Waals surface area contributed by atoms with Crippen LogP contribution in [0.4, 0.5) is 0 Å². The molecule has 0 bridgehead atoms. The second kappa shape index (κ2) is 9.05. The Kier molecular flexibility index (Phi) is 6.78. The van der Waals surface area contributed by atoms with E-state index in [-0.39, 0.29) is 12.5 Å². The van der Waals surface area contributed by atoms with Gasteiger partial charge in [0.25, 0.3) is 0 Å². The minimum atomic E-state index is -1.14. The molecule has 2 amide bonds. The molecule has 1 aromatic rings. The highest BCUT2D eigenvalue weighted by molar-refractivity contribution is 5.88. The van der Waals surface area contributed by atoms with Gasteiger partial charge in [-0.25, -0.2) is 4.79 Å². The number of carboxylic acid groups (broad SMARTS) is 1. The average Bonchev–Trinajstić information content (AvgIpc) is 2.59. The van der Waals surface area contributed by atoms with Crippen molar-refractivity contribution in [2.45, 2.75) is 44.6 Å². The largest absolute Gasteiger partial charge is 0.479 e. The summed E-state index contributed by atoms with van der Waals surface area (Å²) in [5.74, 6) is -1.40. The van der Waals surface area contributed by atoms with E-state index in [0.29, 0.717) is 17.9 Å². The molecular formula is C18H24N2O4.